The minimum absolute atomic E-state index is 0.293. The van der Waals surface area contributed by atoms with Crippen LogP contribution < -0.4 is 10.3 Å². The van der Waals surface area contributed by atoms with Gasteiger partial charge in [-0.2, -0.15) is 9.78 Å². The van der Waals surface area contributed by atoms with Crippen LogP contribution in [0.2, 0.25) is 5.02 Å². The molecule has 0 aliphatic rings. The lowest BCUT2D eigenvalue weighted by molar-refractivity contribution is 0.412. The third-order valence-corrected chi connectivity index (χ3v) is 7.35. The van der Waals surface area contributed by atoms with Gasteiger partial charge in [0.15, 0.2) is 5.76 Å². The van der Waals surface area contributed by atoms with Gasteiger partial charge in [-0.3, -0.25) is 4.79 Å². The average Bonchev–Trinajstić information content (AvgIpc) is 3.47. The lowest BCUT2D eigenvalue weighted by Gasteiger charge is -2.14. The zero-order valence-corrected chi connectivity index (χ0v) is 23.6. The van der Waals surface area contributed by atoms with Crippen molar-refractivity contribution in [1.82, 2.24) is 14.2 Å². The van der Waals surface area contributed by atoms with Gasteiger partial charge >= 0.3 is 0 Å². The minimum atomic E-state index is -0.293. The fraction of sp³-hybridized carbons (Fsp3) is 0.100. The Bertz CT molecular complexity index is 1990. The summed E-state index contributed by atoms with van der Waals surface area (Å²) in [7, 11) is 1.63. The number of methoxy groups -OCH3 is 1. The highest BCUT2D eigenvalue weighted by molar-refractivity contribution is 9.10. The van der Waals surface area contributed by atoms with Crippen molar-refractivity contribution >= 4 is 55.6 Å². The van der Waals surface area contributed by atoms with Gasteiger partial charge in [0, 0.05) is 31.8 Å². The molecule has 0 aliphatic carbocycles. The number of furan rings is 1. The number of rotatable bonds is 5. The number of nitrogens with zero attached hydrogens (tertiary/aromatic N) is 4. The molecule has 6 aromatic rings. The summed E-state index contributed by atoms with van der Waals surface area (Å²) in [6, 6.07) is 22.3. The highest BCUT2D eigenvalue weighted by Gasteiger charge is 2.18. The van der Waals surface area contributed by atoms with Gasteiger partial charge in [0.2, 0.25) is 5.82 Å². The summed E-state index contributed by atoms with van der Waals surface area (Å²) < 4.78 is 15.9. The van der Waals surface area contributed by atoms with Crippen LogP contribution in [-0.4, -0.2) is 27.6 Å². The summed E-state index contributed by atoms with van der Waals surface area (Å²) >= 11 is 9.80. The van der Waals surface area contributed by atoms with Gasteiger partial charge in [0.25, 0.3) is 5.56 Å². The van der Waals surface area contributed by atoms with Crippen molar-refractivity contribution in [2.75, 3.05) is 7.11 Å². The summed E-state index contributed by atoms with van der Waals surface area (Å²) in [5.74, 6) is 1.45. The van der Waals surface area contributed by atoms with Crippen LogP contribution >= 0.6 is 27.5 Å². The molecule has 39 heavy (non-hydrogen) atoms. The van der Waals surface area contributed by atoms with E-state index in [2.05, 4.69) is 21.0 Å². The Labute approximate surface area is 237 Å². The molecule has 0 aliphatic heterocycles. The van der Waals surface area contributed by atoms with Crippen molar-refractivity contribution in [3.63, 3.8) is 0 Å². The van der Waals surface area contributed by atoms with Gasteiger partial charge in [-0.1, -0.05) is 39.7 Å². The maximum absolute atomic E-state index is 13.6. The van der Waals surface area contributed by atoms with Gasteiger partial charge in [0.05, 0.1) is 29.9 Å². The van der Waals surface area contributed by atoms with Crippen molar-refractivity contribution < 1.29 is 9.15 Å². The van der Waals surface area contributed by atoms with Crippen LogP contribution in [0.3, 0.4) is 0 Å². The first kappa shape index (κ1) is 25.2. The van der Waals surface area contributed by atoms with Gasteiger partial charge in [-0.25, -0.2) is 4.98 Å². The van der Waals surface area contributed by atoms with E-state index in [0.717, 1.165) is 32.5 Å². The summed E-state index contributed by atoms with van der Waals surface area (Å²) in [6.07, 6.45) is 1.66. The van der Waals surface area contributed by atoms with Crippen molar-refractivity contribution in [2.45, 2.75) is 13.8 Å². The Balaban J connectivity index is 1.52. The van der Waals surface area contributed by atoms with Crippen molar-refractivity contribution in [3.05, 3.63) is 110 Å². The number of halogens is 2. The Morgan fingerprint density at radius 1 is 1.05 bits per heavy atom. The first-order chi connectivity index (χ1) is 18.8. The number of benzene rings is 3. The fourth-order valence-corrected chi connectivity index (χ4v) is 5.31. The summed E-state index contributed by atoms with van der Waals surface area (Å²) in [6.45, 7) is 3.97. The predicted octanol–water partition coefficient (Wildman–Crippen LogP) is 7.52. The lowest BCUT2D eigenvalue weighted by atomic mass is 10.2. The SMILES string of the molecule is COc1ccc(Cl)cc1-n1c(C)cc(C=Nn2c(-c3cc4cc(Br)ccc4o3)nc3ccccc3c2=O)c1C. The van der Waals surface area contributed by atoms with Crippen LogP contribution in [0.5, 0.6) is 5.75 Å². The van der Waals surface area contributed by atoms with Crippen molar-refractivity contribution in [2.24, 2.45) is 5.10 Å². The number of hydrogen-bond donors (Lipinski definition) is 0. The molecule has 0 fully saturated rings. The molecule has 3 heterocycles. The molecule has 9 heteroatoms. The third-order valence-electron chi connectivity index (χ3n) is 6.62. The average molecular weight is 602 g/mol. The summed E-state index contributed by atoms with van der Waals surface area (Å²) in [5.41, 5.74) is 4.48. The second-order valence-corrected chi connectivity index (χ2v) is 10.4. The Kier molecular flexibility index (Phi) is 6.37. The molecular formula is C30H22BrClN4O3. The maximum Gasteiger partial charge on any atom is 0.282 e. The molecule has 0 saturated carbocycles. The second kappa shape index (κ2) is 9.87. The van der Waals surface area contributed by atoms with Crippen molar-refractivity contribution in [3.8, 4) is 23.0 Å². The number of ether oxygens (including phenoxy) is 1. The van der Waals surface area contributed by atoms with Gasteiger partial charge in [-0.05, 0) is 74.5 Å². The monoisotopic (exact) mass is 600 g/mol. The second-order valence-electron chi connectivity index (χ2n) is 9.08. The highest BCUT2D eigenvalue weighted by atomic mass is 79.9. The van der Waals surface area contributed by atoms with E-state index in [-0.39, 0.29) is 5.56 Å². The Morgan fingerprint density at radius 3 is 2.69 bits per heavy atom. The molecule has 6 rings (SSSR count). The maximum atomic E-state index is 13.6. The van der Waals surface area contributed by atoms with E-state index in [1.165, 1.54) is 4.68 Å². The van der Waals surface area contributed by atoms with Gasteiger partial charge in [-0.15, -0.1) is 0 Å². The standard InChI is InChI=1S/C30H22BrClN4O3/c1-17-12-20(18(2)35(17)25-15-22(32)9-11-27(25)38-3)16-33-36-29(34-24-7-5-4-6-23(24)30(36)37)28-14-19-13-21(31)8-10-26(19)39-28/h4-16H,1-3H3. The quantitative estimate of drug-likeness (QED) is 0.192. The first-order valence-electron chi connectivity index (χ1n) is 12.1. The number of aromatic nitrogens is 3. The van der Waals surface area contributed by atoms with Gasteiger partial charge < -0.3 is 13.7 Å². The third kappa shape index (κ3) is 4.45. The number of aryl methyl sites for hydroxylation is 1. The van der Waals surface area contributed by atoms with E-state index in [1.807, 2.05) is 73.0 Å². The molecule has 3 aromatic carbocycles. The Morgan fingerprint density at radius 2 is 1.87 bits per heavy atom. The van der Waals surface area contributed by atoms with Crippen LogP contribution in [0, 0.1) is 13.8 Å². The molecule has 0 unspecified atom stereocenters. The van der Waals surface area contributed by atoms with Crippen LogP contribution in [0.4, 0.5) is 0 Å². The molecule has 0 spiro atoms. The molecule has 3 aromatic heterocycles. The van der Waals surface area contributed by atoms with Crippen molar-refractivity contribution in [1.29, 1.82) is 0 Å². The molecule has 0 bridgehead atoms. The van der Waals surface area contributed by atoms with Crippen LogP contribution in [-0.2, 0) is 0 Å². The summed E-state index contributed by atoms with van der Waals surface area (Å²) in [4.78, 5) is 18.4. The van der Waals surface area contributed by atoms with E-state index >= 15 is 0 Å². The minimum Gasteiger partial charge on any atom is -0.495 e. The zero-order chi connectivity index (χ0) is 27.3. The Hall–Kier alpha value is -4.14. The number of hydrogen-bond acceptors (Lipinski definition) is 5. The molecule has 0 atom stereocenters. The van der Waals surface area contributed by atoms with E-state index in [0.29, 0.717) is 38.8 Å². The first-order valence-corrected chi connectivity index (χ1v) is 13.3. The largest absolute Gasteiger partial charge is 0.495 e. The normalized spacial score (nSPS) is 11.7. The molecule has 0 amide bonds. The van der Waals surface area contributed by atoms with Crippen LogP contribution in [0.25, 0.3) is 39.1 Å². The smallest absolute Gasteiger partial charge is 0.282 e. The van der Waals surface area contributed by atoms with Crippen LogP contribution in [0.1, 0.15) is 17.0 Å². The lowest BCUT2D eigenvalue weighted by Crippen LogP contribution is -2.20. The molecule has 194 valence electrons. The van der Waals surface area contributed by atoms with E-state index < -0.39 is 0 Å². The molecule has 0 saturated heterocycles. The number of fused-ring (bicyclic) bond motifs is 2. The fourth-order valence-electron chi connectivity index (χ4n) is 4.76. The number of para-hydroxylation sites is 1. The molecule has 0 N–H and O–H groups in total. The van der Waals surface area contributed by atoms with Gasteiger partial charge in [0.1, 0.15) is 11.3 Å². The van der Waals surface area contributed by atoms with E-state index in [9.17, 15) is 4.79 Å². The van der Waals surface area contributed by atoms with E-state index in [4.69, 9.17) is 25.7 Å². The molecule has 7 nitrogen and oxygen atoms in total. The highest BCUT2D eigenvalue weighted by Crippen LogP contribution is 2.31. The summed E-state index contributed by atoms with van der Waals surface area (Å²) in [5, 5.41) is 6.59. The zero-order valence-electron chi connectivity index (χ0n) is 21.3. The topological polar surface area (TPSA) is 74.6 Å². The van der Waals surface area contributed by atoms with E-state index in [1.54, 1.807) is 31.5 Å². The molecule has 0 radical (unpaired) electrons. The molecular weight excluding hydrogens is 580 g/mol. The predicted molar refractivity (Wildman–Crippen MR) is 159 cm³/mol. The van der Waals surface area contributed by atoms with Crippen LogP contribution in [0.15, 0.2) is 91.6 Å².